The van der Waals surface area contributed by atoms with E-state index in [0.29, 0.717) is 6.04 Å². The lowest BCUT2D eigenvalue weighted by atomic mass is 9.83. The third kappa shape index (κ3) is 2.44. The van der Waals surface area contributed by atoms with Crippen molar-refractivity contribution >= 4 is 11.0 Å². The number of para-hydroxylation sites is 1. The molecule has 18 heavy (non-hydrogen) atoms. The van der Waals surface area contributed by atoms with Crippen LogP contribution in [-0.2, 0) is 5.41 Å². The van der Waals surface area contributed by atoms with E-state index in [1.54, 1.807) is 0 Å². The molecular formula is C16H23NO. The molecule has 0 aliphatic carbocycles. The predicted molar refractivity (Wildman–Crippen MR) is 77.1 cm³/mol. The summed E-state index contributed by atoms with van der Waals surface area (Å²) in [6, 6.07) is 8.96. The van der Waals surface area contributed by atoms with Crippen molar-refractivity contribution in [3.05, 3.63) is 35.6 Å². The van der Waals surface area contributed by atoms with Gasteiger partial charge in [-0.15, -0.1) is 0 Å². The third-order valence-electron chi connectivity index (χ3n) is 3.72. The Morgan fingerprint density at radius 1 is 1.33 bits per heavy atom. The molecule has 0 amide bonds. The summed E-state index contributed by atoms with van der Waals surface area (Å²) in [5.41, 5.74) is 2.28. The highest BCUT2D eigenvalue weighted by atomic mass is 16.3. The molecule has 0 aliphatic heterocycles. The van der Waals surface area contributed by atoms with E-state index in [2.05, 4.69) is 57.3 Å². The molecule has 1 atom stereocenters. The molecule has 1 aromatic heterocycles. The van der Waals surface area contributed by atoms with E-state index in [1.165, 1.54) is 10.9 Å². The van der Waals surface area contributed by atoms with Gasteiger partial charge >= 0.3 is 0 Å². The minimum atomic E-state index is 0.0495. The molecule has 1 N–H and O–H groups in total. The number of benzene rings is 1. The van der Waals surface area contributed by atoms with Gasteiger partial charge in [-0.2, -0.15) is 0 Å². The fourth-order valence-corrected chi connectivity index (χ4v) is 2.51. The van der Waals surface area contributed by atoms with Crippen LogP contribution in [0.4, 0.5) is 0 Å². The lowest BCUT2D eigenvalue weighted by Crippen LogP contribution is -2.30. The maximum absolute atomic E-state index is 6.08. The van der Waals surface area contributed by atoms with Crippen LogP contribution >= 0.6 is 0 Å². The summed E-state index contributed by atoms with van der Waals surface area (Å²) in [5.74, 6) is 1.08. The Morgan fingerprint density at radius 2 is 2.06 bits per heavy atom. The van der Waals surface area contributed by atoms with Crippen LogP contribution in [0.5, 0.6) is 0 Å². The number of furan rings is 1. The third-order valence-corrected chi connectivity index (χ3v) is 3.72. The van der Waals surface area contributed by atoms with E-state index in [1.807, 2.05) is 7.05 Å². The van der Waals surface area contributed by atoms with Gasteiger partial charge in [0.25, 0.3) is 0 Å². The number of aryl methyl sites for hydroxylation is 1. The van der Waals surface area contributed by atoms with Crippen molar-refractivity contribution < 1.29 is 4.42 Å². The second-order valence-corrected chi connectivity index (χ2v) is 5.88. The highest BCUT2D eigenvalue weighted by Gasteiger charge is 2.27. The van der Waals surface area contributed by atoms with E-state index in [-0.39, 0.29) is 5.41 Å². The van der Waals surface area contributed by atoms with Crippen LogP contribution in [0.1, 0.15) is 38.5 Å². The van der Waals surface area contributed by atoms with Crippen LogP contribution in [0.25, 0.3) is 11.0 Å². The number of fused-ring (bicyclic) bond motifs is 1. The van der Waals surface area contributed by atoms with Crippen molar-refractivity contribution in [2.24, 2.45) is 0 Å². The highest BCUT2D eigenvalue weighted by Crippen LogP contribution is 2.33. The zero-order chi connectivity index (χ0) is 13.3. The van der Waals surface area contributed by atoms with E-state index >= 15 is 0 Å². The van der Waals surface area contributed by atoms with Crippen LogP contribution in [0, 0.1) is 6.92 Å². The zero-order valence-corrected chi connectivity index (χ0v) is 12.0. The molecule has 0 bridgehead atoms. The smallest absolute Gasteiger partial charge is 0.137 e. The second-order valence-electron chi connectivity index (χ2n) is 5.88. The molecule has 0 radical (unpaired) electrons. The molecule has 0 saturated carbocycles. The molecule has 2 heteroatoms. The maximum Gasteiger partial charge on any atom is 0.137 e. The van der Waals surface area contributed by atoms with Gasteiger partial charge in [-0.1, -0.05) is 32.0 Å². The molecule has 0 fully saturated rings. The van der Waals surface area contributed by atoms with Gasteiger partial charge in [-0.25, -0.2) is 0 Å². The van der Waals surface area contributed by atoms with Crippen LogP contribution < -0.4 is 5.32 Å². The Morgan fingerprint density at radius 3 is 2.67 bits per heavy atom. The molecule has 0 aliphatic rings. The second kappa shape index (κ2) is 4.77. The van der Waals surface area contributed by atoms with Gasteiger partial charge in [0.2, 0.25) is 0 Å². The summed E-state index contributed by atoms with van der Waals surface area (Å²) in [4.78, 5) is 0. The van der Waals surface area contributed by atoms with Crippen LogP contribution in [0.15, 0.2) is 28.7 Å². The van der Waals surface area contributed by atoms with E-state index in [4.69, 9.17) is 4.42 Å². The largest absolute Gasteiger partial charge is 0.460 e. The Balaban J connectivity index is 2.38. The van der Waals surface area contributed by atoms with Gasteiger partial charge < -0.3 is 9.73 Å². The fraction of sp³-hybridized carbons (Fsp3) is 0.500. The standard InChI is InChI=1S/C16H23NO/c1-11-7-6-8-13-9-14(18-15(11)13)16(3,4)10-12(2)17-5/h6-9,12,17H,10H2,1-5H3. The number of hydrogen-bond acceptors (Lipinski definition) is 2. The van der Waals surface area contributed by atoms with Gasteiger partial charge in [0, 0.05) is 16.8 Å². The summed E-state index contributed by atoms with van der Waals surface area (Å²) >= 11 is 0. The van der Waals surface area contributed by atoms with E-state index in [0.717, 1.165) is 17.8 Å². The van der Waals surface area contributed by atoms with Crippen LogP contribution in [0.3, 0.4) is 0 Å². The lowest BCUT2D eigenvalue weighted by Gasteiger charge is -2.25. The van der Waals surface area contributed by atoms with Crippen molar-refractivity contribution in [1.82, 2.24) is 5.32 Å². The Bertz CT molecular complexity index is 539. The van der Waals surface area contributed by atoms with Crippen LogP contribution in [-0.4, -0.2) is 13.1 Å². The molecule has 1 heterocycles. The minimum Gasteiger partial charge on any atom is -0.460 e. The number of nitrogens with one attached hydrogen (secondary N) is 1. The first kappa shape index (κ1) is 13.2. The molecule has 2 nitrogen and oxygen atoms in total. The monoisotopic (exact) mass is 245 g/mol. The summed E-state index contributed by atoms with van der Waals surface area (Å²) in [6.07, 6.45) is 1.06. The van der Waals surface area contributed by atoms with Crippen molar-refractivity contribution in [3.8, 4) is 0 Å². The van der Waals surface area contributed by atoms with E-state index < -0.39 is 0 Å². The molecule has 1 unspecified atom stereocenters. The van der Waals surface area contributed by atoms with Crippen molar-refractivity contribution in [1.29, 1.82) is 0 Å². The fourth-order valence-electron chi connectivity index (χ4n) is 2.51. The van der Waals surface area contributed by atoms with Crippen molar-refractivity contribution in [2.75, 3.05) is 7.05 Å². The first-order chi connectivity index (χ1) is 8.44. The Labute approximate surface area is 109 Å². The lowest BCUT2D eigenvalue weighted by molar-refractivity contribution is 0.341. The summed E-state index contributed by atoms with van der Waals surface area (Å²) < 4.78 is 6.08. The van der Waals surface area contributed by atoms with Gasteiger partial charge in [0.1, 0.15) is 11.3 Å². The van der Waals surface area contributed by atoms with Crippen molar-refractivity contribution in [2.45, 2.75) is 45.6 Å². The first-order valence-electron chi connectivity index (χ1n) is 6.61. The maximum atomic E-state index is 6.08. The average molecular weight is 245 g/mol. The molecule has 2 rings (SSSR count). The first-order valence-corrected chi connectivity index (χ1v) is 6.61. The number of hydrogen-bond donors (Lipinski definition) is 1. The molecule has 2 aromatic rings. The Kier molecular flexibility index (Phi) is 3.49. The highest BCUT2D eigenvalue weighted by molar-refractivity contribution is 5.81. The molecule has 1 aromatic carbocycles. The SMILES string of the molecule is CNC(C)CC(C)(C)c1cc2cccc(C)c2o1. The molecular weight excluding hydrogens is 222 g/mol. The van der Waals surface area contributed by atoms with Crippen LogP contribution in [0.2, 0.25) is 0 Å². The summed E-state index contributed by atoms with van der Waals surface area (Å²) in [5, 5.41) is 4.50. The van der Waals surface area contributed by atoms with Gasteiger partial charge in [-0.05, 0) is 38.9 Å². The topological polar surface area (TPSA) is 25.2 Å². The summed E-state index contributed by atoms with van der Waals surface area (Å²) in [6.45, 7) is 8.79. The number of rotatable bonds is 4. The van der Waals surface area contributed by atoms with E-state index in [9.17, 15) is 0 Å². The van der Waals surface area contributed by atoms with Crippen molar-refractivity contribution in [3.63, 3.8) is 0 Å². The molecule has 0 saturated heterocycles. The minimum absolute atomic E-state index is 0.0495. The Hall–Kier alpha value is -1.28. The predicted octanol–water partition coefficient (Wildman–Crippen LogP) is 4.02. The average Bonchev–Trinajstić information content (AvgIpc) is 2.74. The normalized spacial score (nSPS) is 14.1. The van der Waals surface area contributed by atoms with Gasteiger partial charge in [0.15, 0.2) is 0 Å². The molecule has 0 spiro atoms. The quantitative estimate of drug-likeness (QED) is 0.880. The zero-order valence-electron chi connectivity index (χ0n) is 12.0. The molecule has 98 valence electrons. The van der Waals surface area contributed by atoms with Gasteiger partial charge in [-0.3, -0.25) is 0 Å². The van der Waals surface area contributed by atoms with Gasteiger partial charge in [0.05, 0.1) is 0 Å². The summed E-state index contributed by atoms with van der Waals surface area (Å²) in [7, 11) is 2.00.